The van der Waals surface area contributed by atoms with Gasteiger partial charge in [0.15, 0.2) is 0 Å². The minimum absolute atomic E-state index is 0.641. The third-order valence-corrected chi connectivity index (χ3v) is 5.45. The second kappa shape index (κ2) is 4.34. The predicted octanol–water partition coefficient (Wildman–Crippen LogP) is 2.10. The highest BCUT2D eigenvalue weighted by atomic mass is 15.1. The van der Waals surface area contributed by atoms with Gasteiger partial charge >= 0.3 is 0 Å². The Morgan fingerprint density at radius 1 is 1.30 bits per heavy atom. The van der Waals surface area contributed by atoms with E-state index in [1.165, 1.54) is 29.3 Å². The van der Waals surface area contributed by atoms with E-state index in [0.717, 1.165) is 13.1 Å². The molecule has 1 saturated heterocycles. The Hall–Kier alpha value is -1.32. The van der Waals surface area contributed by atoms with Crippen LogP contribution in [0.3, 0.4) is 0 Å². The van der Waals surface area contributed by atoms with Crippen molar-refractivity contribution in [1.29, 1.82) is 0 Å². The van der Waals surface area contributed by atoms with E-state index in [9.17, 15) is 0 Å². The van der Waals surface area contributed by atoms with Gasteiger partial charge in [0.2, 0.25) is 0 Å². The van der Waals surface area contributed by atoms with Crippen LogP contribution >= 0.6 is 0 Å². The van der Waals surface area contributed by atoms with Gasteiger partial charge in [-0.05, 0) is 49.5 Å². The number of likely N-dealkylation sites (tertiary alicyclic amines) is 1. The number of nitrogens with zero attached hydrogens (tertiary/aromatic N) is 2. The quantitative estimate of drug-likeness (QED) is 0.860. The summed E-state index contributed by atoms with van der Waals surface area (Å²) in [5, 5.41) is 1.52. The summed E-state index contributed by atoms with van der Waals surface area (Å²) in [5.41, 5.74) is 10.4. The molecular weight excluding hydrogens is 246 g/mol. The van der Waals surface area contributed by atoms with Gasteiger partial charge in [0.05, 0.1) is 0 Å². The SMILES string of the molecule is CN1C[C@H](CN)C[C@@H]2c3cccc4c3c(cn4C)C[C@H]21. The van der Waals surface area contributed by atoms with Gasteiger partial charge in [-0.15, -0.1) is 0 Å². The summed E-state index contributed by atoms with van der Waals surface area (Å²) in [6.07, 6.45) is 4.76. The molecule has 1 aromatic heterocycles. The van der Waals surface area contributed by atoms with Crippen LogP contribution in [0.4, 0.5) is 0 Å². The van der Waals surface area contributed by atoms with Gasteiger partial charge in [-0.1, -0.05) is 12.1 Å². The molecule has 0 amide bonds. The Morgan fingerprint density at radius 3 is 2.95 bits per heavy atom. The van der Waals surface area contributed by atoms with Crippen molar-refractivity contribution in [1.82, 2.24) is 9.47 Å². The molecule has 3 nitrogen and oxygen atoms in total. The van der Waals surface area contributed by atoms with E-state index in [4.69, 9.17) is 5.73 Å². The van der Waals surface area contributed by atoms with E-state index >= 15 is 0 Å². The average Bonchev–Trinajstić information content (AvgIpc) is 2.78. The molecule has 0 bridgehead atoms. The lowest BCUT2D eigenvalue weighted by atomic mass is 9.72. The van der Waals surface area contributed by atoms with Crippen LogP contribution in [0.15, 0.2) is 24.4 Å². The summed E-state index contributed by atoms with van der Waals surface area (Å²) in [4.78, 5) is 2.54. The lowest BCUT2D eigenvalue weighted by molar-refractivity contribution is 0.115. The number of aromatic nitrogens is 1. The first-order valence-corrected chi connectivity index (χ1v) is 7.66. The molecule has 2 heterocycles. The van der Waals surface area contributed by atoms with Crippen molar-refractivity contribution in [2.24, 2.45) is 18.7 Å². The largest absolute Gasteiger partial charge is 0.350 e. The predicted molar refractivity (Wildman–Crippen MR) is 82.9 cm³/mol. The first-order chi connectivity index (χ1) is 9.69. The normalized spacial score (nSPS) is 29.6. The van der Waals surface area contributed by atoms with Crippen LogP contribution in [0, 0.1) is 5.92 Å². The van der Waals surface area contributed by atoms with Gasteiger partial charge in [-0.3, -0.25) is 0 Å². The summed E-state index contributed by atoms with van der Waals surface area (Å²) < 4.78 is 2.28. The number of hydrogen-bond donors (Lipinski definition) is 1. The molecule has 2 N–H and O–H groups in total. The van der Waals surface area contributed by atoms with E-state index in [0.29, 0.717) is 17.9 Å². The standard InChI is InChI=1S/C17H23N3/c1-19-9-11(8-18)6-14-13-4-3-5-15-17(13)12(7-16(14)19)10-20(15)2/h3-5,10-11,14,16H,6-9,18H2,1-2H3/t11-,14+,16+/m0/s1. The lowest BCUT2D eigenvalue weighted by Crippen LogP contribution is -2.49. The Labute approximate surface area is 120 Å². The fourth-order valence-electron chi connectivity index (χ4n) is 4.50. The fraction of sp³-hybridized carbons (Fsp3) is 0.529. The minimum Gasteiger partial charge on any atom is -0.350 e. The van der Waals surface area contributed by atoms with Crippen molar-refractivity contribution in [2.75, 3.05) is 20.1 Å². The van der Waals surface area contributed by atoms with Gasteiger partial charge in [0.25, 0.3) is 0 Å². The molecular formula is C17H23N3. The van der Waals surface area contributed by atoms with Crippen molar-refractivity contribution in [3.63, 3.8) is 0 Å². The first-order valence-electron chi connectivity index (χ1n) is 7.66. The maximum atomic E-state index is 5.95. The van der Waals surface area contributed by atoms with Crippen molar-refractivity contribution < 1.29 is 0 Å². The minimum atomic E-state index is 0.641. The number of likely N-dealkylation sites (N-methyl/N-ethyl adjacent to an activating group) is 1. The molecule has 3 heteroatoms. The van der Waals surface area contributed by atoms with E-state index in [-0.39, 0.29) is 0 Å². The van der Waals surface area contributed by atoms with Gasteiger partial charge in [0.1, 0.15) is 0 Å². The van der Waals surface area contributed by atoms with Crippen LogP contribution in [0.25, 0.3) is 10.9 Å². The molecule has 1 aliphatic heterocycles. The highest BCUT2D eigenvalue weighted by molar-refractivity contribution is 5.89. The zero-order valence-electron chi connectivity index (χ0n) is 12.3. The molecule has 0 radical (unpaired) electrons. The molecule has 1 aliphatic carbocycles. The molecule has 2 aliphatic rings. The second-order valence-electron chi connectivity index (χ2n) is 6.66. The van der Waals surface area contributed by atoms with Gasteiger partial charge in [-0.2, -0.15) is 0 Å². The van der Waals surface area contributed by atoms with Crippen molar-refractivity contribution in [3.05, 3.63) is 35.5 Å². The molecule has 0 spiro atoms. The molecule has 2 aromatic rings. The number of fused-ring (bicyclic) bond motifs is 2. The molecule has 1 aromatic carbocycles. The number of nitrogens with two attached hydrogens (primary N) is 1. The van der Waals surface area contributed by atoms with Crippen LogP contribution in [0.5, 0.6) is 0 Å². The monoisotopic (exact) mass is 269 g/mol. The number of aryl methyl sites for hydroxylation is 1. The molecule has 3 atom stereocenters. The zero-order valence-corrected chi connectivity index (χ0v) is 12.3. The third-order valence-electron chi connectivity index (χ3n) is 5.45. The van der Waals surface area contributed by atoms with E-state index in [2.05, 4.69) is 48.0 Å². The van der Waals surface area contributed by atoms with Crippen LogP contribution in [0.1, 0.15) is 23.5 Å². The van der Waals surface area contributed by atoms with Crippen LogP contribution in [0.2, 0.25) is 0 Å². The Balaban J connectivity index is 1.89. The molecule has 1 fully saturated rings. The maximum absolute atomic E-state index is 5.95. The molecule has 4 rings (SSSR count). The van der Waals surface area contributed by atoms with E-state index in [1.54, 1.807) is 5.56 Å². The summed E-state index contributed by atoms with van der Waals surface area (Å²) in [6, 6.07) is 7.46. The van der Waals surface area contributed by atoms with Crippen LogP contribution < -0.4 is 5.73 Å². The Bertz CT molecular complexity index is 658. The summed E-state index contributed by atoms with van der Waals surface area (Å²) in [6.45, 7) is 1.96. The molecule has 20 heavy (non-hydrogen) atoms. The Kier molecular flexibility index (Phi) is 2.69. The maximum Gasteiger partial charge on any atom is 0.0483 e. The lowest BCUT2D eigenvalue weighted by Gasteiger charge is -2.45. The fourth-order valence-corrected chi connectivity index (χ4v) is 4.50. The summed E-state index contributed by atoms with van der Waals surface area (Å²) >= 11 is 0. The molecule has 106 valence electrons. The highest BCUT2D eigenvalue weighted by Crippen LogP contribution is 2.44. The summed E-state index contributed by atoms with van der Waals surface area (Å²) in [7, 11) is 4.44. The van der Waals surface area contributed by atoms with E-state index < -0.39 is 0 Å². The van der Waals surface area contributed by atoms with Gasteiger partial charge in [0, 0.05) is 42.7 Å². The van der Waals surface area contributed by atoms with Gasteiger partial charge in [-0.25, -0.2) is 0 Å². The number of hydrogen-bond acceptors (Lipinski definition) is 2. The third kappa shape index (κ3) is 1.60. The smallest absolute Gasteiger partial charge is 0.0483 e. The number of rotatable bonds is 1. The second-order valence-corrected chi connectivity index (χ2v) is 6.66. The average molecular weight is 269 g/mol. The highest BCUT2D eigenvalue weighted by Gasteiger charge is 2.39. The van der Waals surface area contributed by atoms with Crippen molar-refractivity contribution in [2.45, 2.75) is 24.8 Å². The first kappa shape index (κ1) is 12.4. The van der Waals surface area contributed by atoms with Crippen LogP contribution in [-0.4, -0.2) is 35.6 Å². The van der Waals surface area contributed by atoms with Crippen molar-refractivity contribution >= 4 is 10.9 Å². The van der Waals surface area contributed by atoms with E-state index in [1.807, 2.05) is 0 Å². The van der Waals surface area contributed by atoms with Crippen LogP contribution in [-0.2, 0) is 13.5 Å². The molecule has 0 unspecified atom stereocenters. The molecule has 0 saturated carbocycles. The number of benzene rings is 1. The summed E-state index contributed by atoms with van der Waals surface area (Å²) in [5.74, 6) is 1.29. The Morgan fingerprint density at radius 2 is 2.15 bits per heavy atom. The topological polar surface area (TPSA) is 34.2 Å². The number of piperidine rings is 1. The zero-order chi connectivity index (χ0) is 13.9. The van der Waals surface area contributed by atoms with Gasteiger partial charge < -0.3 is 15.2 Å². The van der Waals surface area contributed by atoms with Crippen molar-refractivity contribution in [3.8, 4) is 0 Å².